The number of aliphatic hydroxyl groups is 1. The molecule has 2 heterocycles. The molecule has 5 heteroatoms. The number of pyridine rings is 1. The number of hydrogen-bond acceptors (Lipinski definition) is 5. The zero-order valence-electron chi connectivity index (χ0n) is 9.97. The van der Waals surface area contributed by atoms with Gasteiger partial charge in [0.15, 0.2) is 0 Å². The fraction of sp³-hybridized carbons (Fsp3) is 0.583. The number of piperidine rings is 1. The van der Waals surface area contributed by atoms with Gasteiger partial charge in [0.05, 0.1) is 0 Å². The summed E-state index contributed by atoms with van der Waals surface area (Å²) < 4.78 is 0. The van der Waals surface area contributed by atoms with Crippen molar-refractivity contribution in [1.82, 2.24) is 9.88 Å². The second-order valence-corrected chi connectivity index (χ2v) is 4.62. The van der Waals surface area contributed by atoms with Crippen molar-refractivity contribution >= 4 is 5.82 Å². The summed E-state index contributed by atoms with van der Waals surface area (Å²) in [4.78, 5) is 6.56. The smallest absolute Gasteiger partial charge is 0.139 e. The van der Waals surface area contributed by atoms with E-state index in [1.165, 1.54) is 12.0 Å². The van der Waals surface area contributed by atoms with E-state index < -0.39 is 0 Å². The predicted molar refractivity (Wildman–Crippen MR) is 67.1 cm³/mol. The van der Waals surface area contributed by atoms with E-state index in [0.29, 0.717) is 18.3 Å². The third-order valence-corrected chi connectivity index (χ3v) is 3.24. The molecule has 94 valence electrons. The molecule has 0 saturated carbocycles. The summed E-state index contributed by atoms with van der Waals surface area (Å²) in [6, 6.07) is 3.91. The molecular formula is C12H20N4O. The number of hydrazine groups is 1. The van der Waals surface area contributed by atoms with Gasteiger partial charge in [-0.25, -0.2) is 10.8 Å². The average molecular weight is 236 g/mol. The lowest BCUT2D eigenvalue weighted by atomic mass is 9.99. The van der Waals surface area contributed by atoms with Crippen molar-refractivity contribution in [3.8, 4) is 0 Å². The second-order valence-electron chi connectivity index (χ2n) is 4.62. The Morgan fingerprint density at radius 3 is 3.06 bits per heavy atom. The van der Waals surface area contributed by atoms with Gasteiger partial charge < -0.3 is 10.5 Å². The Kier molecular flexibility index (Phi) is 4.30. The van der Waals surface area contributed by atoms with Gasteiger partial charge in [0, 0.05) is 25.9 Å². The van der Waals surface area contributed by atoms with Gasteiger partial charge in [-0.1, -0.05) is 6.07 Å². The van der Waals surface area contributed by atoms with Crippen LogP contribution in [0, 0.1) is 5.92 Å². The Labute approximate surface area is 102 Å². The maximum absolute atomic E-state index is 9.18. The summed E-state index contributed by atoms with van der Waals surface area (Å²) in [5.74, 6) is 6.38. The first-order chi connectivity index (χ1) is 8.31. The van der Waals surface area contributed by atoms with Crippen molar-refractivity contribution in [1.29, 1.82) is 0 Å². The Bertz CT molecular complexity index is 341. The highest BCUT2D eigenvalue weighted by Crippen LogP contribution is 2.18. The SMILES string of the molecule is NNc1ccc(CN2CCCC(CO)C2)cn1. The number of likely N-dealkylation sites (tertiary alicyclic amines) is 1. The monoisotopic (exact) mass is 236 g/mol. The van der Waals surface area contributed by atoms with E-state index in [2.05, 4.69) is 15.3 Å². The summed E-state index contributed by atoms with van der Waals surface area (Å²) in [6.45, 7) is 3.28. The topological polar surface area (TPSA) is 74.4 Å². The number of nitrogens with zero attached hydrogens (tertiary/aromatic N) is 2. The van der Waals surface area contributed by atoms with Gasteiger partial charge in [0.25, 0.3) is 0 Å². The molecule has 1 aromatic rings. The van der Waals surface area contributed by atoms with Gasteiger partial charge in [-0.2, -0.15) is 0 Å². The first kappa shape index (κ1) is 12.3. The van der Waals surface area contributed by atoms with Crippen LogP contribution in [0.15, 0.2) is 18.3 Å². The van der Waals surface area contributed by atoms with Gasteiger partial charge in [-0.05, 0) is 36.9 Å². The maximum atomic E-state index is 9.18. The van der Waals surface area contributed by atoms with E-state index in [9.17, 15) is 5.11 Å². The highest BCUT2D eigenvalue weighted by molar-refractivity contribution is 5.33. The molecule has 1 aliphatic heterocycles. The highest BCUT2D eigenvalue weighted by Gasteiger charge is 2.18. The number of aromatic nitrogens is 1. The zero-order chi connectivity index (χ0) is 12.1. The zero-order valence-corrected chi connectivity index (χ0v) is 9.97. The number of nitrogen functional groups attached to an aromatic ring is 1. The van der Waals surface area contributed by atoms with Crippen molar-refractivity contribution in [2.75, 3.05) is 25.1 Å². The van der Waals surface area contributed by atoms with Crippen LogP contribution in [-0.2, 0) is 6.54 Å². The molecule has 1 aromatic heterocycles. The normalized spacial score (nSPS) is 21.4. The summed E-state index contributed by atoms with van der Waals surface area (Å²) >= 11 is 0. The molecule has 0 aromatic carbocycles. The molecule has 1 aliphatic rings. The van der Waals surface area contributed by atoms with E-state index in [0.717, 1.165) is 26.1 Å². The molecule has 0 aliphatic carbocycles. The molecule has 0 amide bonds. The lowest BCUT2D eigenvalue weighted by Crippen LogP contribution is -2.36. The standard InChI is InChI=1S/C12H20N4O/c13-15-12-4-3-10(6-14-12)7-16-5-1-2-11(8-16)9-17/h3-4,6,11,17H,1-2,5,7-9,13H2,(H,14,15). The largest absolute Gasteiger partial charge is 0.396 e. The predicted octanol–water partition coefficient (Wildman–Crippen LogP) is 0.571. The van der Waals surface area contributed by atoms with Crippen LogP contribution < -0.4 is 11.3 Å². The van der Waals surface area contributed by atoms with Gasteiger partial charge in [0.2, 0.25) is 0 Å². The molecule has 17 heavy (non-hydrogen) atoms. The van der Waals surface area contributed by atoms with Crippen LogP contribution in [0.2, 0.25) is 0 Å². The number of anilines is 1. The quantitative estimate of drug-likeness (QED) is 0.526. The molecular weight excluding hydrogens is 216 g/mol. The van der Waals surface area contributed by atoms with E-state index in [1.807, 2.05) is 18.3 Å². The molecule has 1 fully saturated rings. The number of rotatable bonds is 4. The van der Waals surface area contributed by atoms with Crippen molar-refractivity contribution in [3.05, 3.63) is 23.9 Å². The van der Waals surface area contributed by atoms with Crippen LogP contribution in [0.4, 0.5) is 5.82 Å². The summed E-state index contributed by atoms with van der Waals surface area (Å²) in [6.07, 6.45) is 4.15. The summed E-state index contributed by atoms with van der Waals surface area (Å²) in [5, 5.41) is 9.18. The van der Waals surface area contributed by atoms with E-state index in [1.54, 1.807) is 0 Å². The second kappa shape index (κ2) is 5.95. The summed E-state index contributed by atoms with van der Waals surface area (Å²) in [5.41, 5.74) is 3.70. The Balaban J connectivity index is 1.90. The fourth-order valence-electron chi connectivity index (χ4n) is 2.31. The number of aliphatic hydroxyl groups excluding tert-OH is 1. The molecule has 0 bridgehead atoms. The first-order valence-corrected chi connectivity index (χ1v) is 6.06. The molecule has 4 N–H and O–H groups in total. The van der Waals surface area contributed by atoms with Gasteiger partial charge >= 0.3 is 0 Å². The Morgan fingerprint density at radius 2 is 2.41 bits per heavy atom. The number of nitrogens with two attached hydrogens (primary N) is 1. The molecule has 2 rings (SSSR count). The third-order valence-electron chi connectivity index (χ3n) is 3.24. The van der Waals surface area contributed by atoms with Crippen LogP contribution in [0.3, 0.4) is 0 Å². The Morgan fingerprint density at radius 1 is 1.53 bits per heavy atom. The third kappa shape index (κ3) is 3.39. The average Bonchev–Trinajstić information content (AvgIpc) is 2.40. The van der Waals surface area contributed by atoms with Crippen LogP contribution in [0.5, 0.6) is 0 Å². The fourth-order valence-corrected chi connectivity index (χ4v) is 2.31. The van der Waals surface area contributed by atoms with Crippen LogP contribution in [0.1, 0.15) is 18.4 Å². The van der Waals surface area contributed by atoms with E-state index >= 15 is 0 Å². The lowest BCUT2D eigenvalue weighted by Gasteiger charge is -2.31. The van der Waals surface area contributed by atoms with Crippen molar-refractivity contribution in [3.63, 3.8) is 0 Å². The van der Waals surface area contributed by atoms with Crippen molar-refractivity contribution in [2.24, 2.45) is 11.8 Å². The van der Waals surface area contributed by atoms with Crippen LogP contribution in [-0.4, -0.2) is 34.7 Å². The van der Waals surface area contributed by atoms with Gasteiger partial charge in [-0.3, -0.25) is 4.90 Å². The van der Waals surface area contributed by atoms with Crippen LogP contribution in [0.25, 0.3) is 0 Å². The first-order valence-electron chi connectivity index (χ1n) is 6.06. The van der Waals surface area contributed by atoms with E-state index in [-0.39, 0.29) is 0 Å². The molecule has 5 nitrogen and oxygen atoms in total. The molecule has 0 radical (unpaired) electrons. The Hall–Kier alpha value is -1.17. The molecule has 0 spiro atoms. The minimum atomic E-state index is 0.296. The highest BCUT2D eigenvalue weighted by atomic mass is 16.3. The maximum Gasteiger partial charge on any atom is 0.139 e. The minimum absolute atomic E-state index is 0.296. The lowest BCUT2D eigenvalue weighted by molar-refractivity contribution is 0.116. The van der Waals surface area contributed by atoms with Gasteiger partial charge in [0.1, 0.15) is 5.82 Å². The number of hydrogen-bond donors (Lipinski definition) is 3. The number of nitrogens with one attached hydrogen (secondary N) is 1. The molecule has 1 atom stereocenters. The molecule has 1 unspecified atom stereocenters. The van der Waals surface area contributed by atoms with Crippen molar-refractivity contribution in [2.45, 2.75) is 19.4 Å². The van der Waals surface area contributed by atoms with E-state index in [4.69, 9.17) is 5.84 Å². The van der Waals surface area contributed by atoms with Gasteiger partial charge in [-0.15, -0.1) is 0 Å². The molecule has 1 saturated heterocycles. The minimum Gasteiger partial charge on any atom is -0.396 e. The van der Waals surface area contributed by atoms with Crippen LogP contribution >= 0.6 is 0 Å². The summed E-state index contributed by atoms with van der Waals surface area (Å²) in [7, 11) is 0. The van der Waals surface area contributed by atoms with Crippen molar-refractivity contribution < 1.29 is 5.11 Å².